The van der Waals surface area contributed by atoms with Gasteiger partial charge in [-0.1, -0.05) is 13.8 Å². The molecular formula is C14H19N3O3S. The Morgan fingerprint density at radius 2 is 1.81 bits per heavy atom. The van der Waals surface area contributed by atoms with E-state index in [9.17, 15) is 9.59 Å². The number of hydrogen-bond acceptors (Lipinski definition) is 4. The molecule has 7 heteroatoms. The highest BCUT2D eigenvalue weighted by molar-refractivity contribution is 7.80. The van der Waals surface area contributed by atoms with Crippen molar-refractivity contribution < 1.29 is 14.3 Å². The van der Waals surface area contributed by atoms with E-state index in [4.69, 9.17) is 17.0 Å². The lowest BCUT2D eigenvalue weighted by Crippen LogP contribution is -2.47. The molecule has 6 nitrogen and oxygen atoms in total. The third-order valence-electron chi connectivity index (χ3n) is 2.28. The summed E-state index contributed by atoms with van der Waals surface area (Å²) in [7, 11) is 0. The van der Waals surface area contributed by atoms with E-state index in [1.807, 2.05) is 0 Å². The lowest BCUT2D eigenvalue weighted by molar-refractivity contribution is -0.117. The van der Waals surface area contributed by atoms with Gasteiger partial charge >= 0.3 is 0 Å². The summed E-state index contributed by atoms with van der Waals surface area (Å²) in [5.74, 6) is 0.473. The molecular weight excluding hydrogens is 290 g/mol. The predicted molar refractivity (Wildman–Crippen MR) is 83.8 cm³/mol. The first-order valence-electron chi connectivity index (χ1n) is 6.49. The van der Waals surface area contributed by atoms with Gasteiger partial charge in [-0.3, -0.25) is 20.4 Å². The molecule has 0 bridgehead atoms. The number of benzene rings is 1. The van der Waals surface area contributed by atoms with Crippen molar-refractivity contribution in [1.82, 2.24) is 16.2 Å². The Morgan fingerprint density at radius 3 is 2.33 bits per heavy atom. The summed E-state index contributed by atoms with van der Waals surface area (Å²) in [4.78, 5) is 22.6. The number of ether oxygens (including phenoxy) is 1. The van der Waals surface area contributed by atoms with Crippen LogP contribution in [0.2, 0.25) is 0 Å². The molecule has 0 saturated heterocycles. The molecule has 0 aromatic heterocycles. The number of carbonyl (C=O) groups excluding carboxylic acids is 2. The summed E-state index contributed by atoms with van der Waals surface area (Å²) in [6.07, 6.45) is 0. The van der Waals surface area contributed by atoms with Gasteiger partial charge in [0.15, 0.2) is 5.11 Å². The second kappa shape index (κ2) is 8.21. The van der Waals surface area contributed by atoms with Crippen LogP contribution in [0.25, 0.3) is 0 Å². The third kappa shape index (κ3) is 6.71. The van der Waals surface area contributed by atoms with Gasteiger partial charge in [0.05, 0.1) is 6.61 Å². The molecule has 3 N–H and O–H groups in total. The van der Waals surface area contributed by atoms with Crippen LogP contribution < -0.4 is 20.9 Å². The molecule has 1 aromatic rings. The molecule has 2 amide bonds. The largest absolute Gasteiger partial charge is 0.493 e. The first-order chi connectivity index (χ1) is 9.88. The number of carbonyl (C=O) groups is 2. The topological polar surface area (TPSA) is 79.5 Å². The average molecular weight is 309 g/mol. The van der Waals surface area contributed by atoms with E-state index in [2.05, 4.69) is 30.0 Å². The van der Waals surface area contributed by atoms with Crippen LogP contribution in [-0.2, 0) is 4.79 Å². The van der Waals surface area contributed by atoms with Crippen LogP contribution >= 0.6 is 12.2 Å². The monoisotopic (exact) mass is 309 g/mol. The van der Waals surface area contributed by atoms with Crippen LogP contribution in [0.5, 0.6) is 5.75 Å². The highest BCUT2D eigenvalue weighted by atomic mass is 32.1. The second-order valence-corrected chi connectivity index (χ2v) is 5.23. The molecule has 0 fully saturated rings. The molecule has 0 aliphatic heterocycles. The Balaban J connectivity index is 2.47. The molecule has 1 aromatic carbocycles. The van der Waals surface area contributed by atoms with E-state index in [1.165, 1.54) is 6.92 Å². The number of hydrazine groups is 1. The highest BCUT2D eigenvalue weighted by Gasteiger charge is 2.06. The zero-order valence-electron chi connectivity index (χ0n) is 12.2. The maximum atomic E-state index is 11.8. The van der Waals surface area contributed by atoms with Crippen molar-refractivity contribution in [2.45, 2.75) is 20.8 Å². The van der Waals surface area contributed by atoms with Crippen molar-refractivity contribution >= 4 is 29.1 Å². The van der Waals surface area contributed by atoms with Gasteiger partial charge < -0.3 is 10.1 Å². The zero-order valence-corrected chi connectivity index (χ0v) is 13.0. The lowest BCUT2D eigenvalue weighted by Gasteiger charge is -2.11. The fourth-order valence-corrected chi connectivity index (χ4v) is 1.54. The minimum Gasteiger partial charge on any atom is -0.493 e. The fraction of sp³-hybridized carbons (Fsp3) is 0.357. The van der Waals surface area contributed by atoms with Crippen LogP contribution in [0.1, 0.15) is 31.1 Å². The molecule has 0 radical (unpaired) electrons. The molecule has 0 atom stereocenters. The molecule has 0 heterocycles. The Morgan fingerprint density at radius 1 is 1.19 bits per heavy atom. The third-order valence-corrected chi connectivity index (χ3v) is 2.48. The minimum absolute atomic E-state index is 0.0349. The average Bonchev–Trinajstić information content (AvgIpc) is 2.42. The fourth-order valence-electron chi connectivity index (χ4n) is 1.34. The molecule has 1 rings (SSSR count). The van der Waals surface area contributed by atoms with Gasteiger partial charge in [0.2, 0.25) is 5.91 Å². The maximum absolute atomic E-state index is 11.8. The summed E-state index contributed by atoms with van der Waals surface area (Å²) in [6, 6.07) is 6.75. The van der Waals surface area contributed by atoms with Crippen LogP contribution in [0.3, 0.4) is 0 Å². The molecule has 21 heavy (non-hydrogen) atoms. The first kappa shape index (κ1) is 16.9. The van der Waals surface area contributed by atoms with E-state index in [0.717, 1.165) is 0 Å². The maximum Gasteiger partial charge on any atom is 0.269 e. The lowest BCUT2D eigenvalue weighted by atomic mass is 10.2. The van der Waals surface area contributed by atoms with Gasteiger partial charge in [-0.05, 0) is 42.4 Å². The molecule has 114 valence electrons. The van der Waals surface area contributed by atoms with Gasteiger partial charge in [0, 0.05) is 12.5 Å². The Hall–Kier alpha value is -2.15. The Labute approximate surface area is 129 Å². The summed E-state index contributed by atoms with van der Waals surface area (Å²) in [6.45, 7) is 6.07. The van der Waals surface area contributed by atoms with Crippen molar-refractivity contribution in [3.05, 3.63) is 29.8 Å². The van der Waals surface area contributed by atoms with Gasteiger partial charge in [0.25, 0.3) is 5.91 Å². The summed E-state index contributed by atoms with van der Waals surface area (Å²) in [5, 5.41) is 2.37. The van der Waals surface area contributed by atoms with Crippen LogP contribution in [0.4, 0.5) is 0 Å². The second-order valence-electron chi connectivity index (χ2n) is 4.82. The molecule has 0 saturated carbocycles. The highest BCUT2D eigenvalue weighted by Crippen LogP contribution is 2.13. The molecule has 0 spiro atoms. The zero-order chi connectivity index (χ0) is 15.8. The number of hydrogen-bond donors (Lipinski definition) is 3. The van der Waals surface area contributed by atoms with Crippen molar-refractivity contribution in [2.75, 3.05) is 6.61 Å². The smallest absolute Gasteiger partial charge is 0.269 e. The Bertz CT molecular complexity index is 515. The van der Waals surface area contributed by atoms with Crippen LogP contribution in [0, 0.1) is 5.92 Å². The van der Waals surface area contributed by atoms with E-state index in [1.54, 1.807) is 24.3 Å². The summed E-state index contributed by atoms with van der Waals surface area (Å²) in [5.41, 5.74) is 5.27. The number of thiocarbonyl (C=S) groups is 1. The van der Waals surface area contributed by atoms with Gasteiger partial charge in [0.1, 0.15) is 5.75 Å². The Kier molecular flexibility index (Phi) is 6.61. The van der Waals surface area contributed by atoms with Crippen LogP contribution in [-0.4, -0.2) is 23.5 Å². The SMILES string of the molecule is CC(=O)NC(=S)NNC(=O)c1ccc(OCC(C)C)cc1. The predicted octanol–water partition coefficient (Wildman–Crippen LogP) is 1.38. The number of amides is 2. The van der Waals surface area contributed by atoms with Gasteiger partial charge in [-0.25, -0.2) is 0 Å². The normalized spacial score (nSPS) is 9.90. The van der Waals surface area contributed by atoms with Crippen LogP contribution in [0.15, 0.2) is 24.3 Å². The van der Waals surface area contributed by atoms with Crippen molar-refractivity contribution in [3.8, 4) is 5.75 Å². The van der Waals surface area contributed by atoms with E-state index >= 15 is 0 Å². The molecule has 0 aliphatic carbocycles. The number of nitrogens with one attached hydrogen (secondary N) is 3. The quantitative estimate of drug-likeness (QED) is 0.578. The molecule has 0 unspecified atom stereocenters. The van der Waals surface area contributed by atoms with Crippen molar-refractivity contribution in [1.29, 1.82) is 0 Å². The van der Waals surface area contributed by atoms with E-state index in [-0.39, 0.29) is 16.9 Å². The van der Waals surface area contributed by atoms with E-state index in [0.29, 0.717) is 23.8 Å². The van der Waals surface area contributed by atoms with Crippen molar-refractivity contribution in [3.63, 3.8) is 0 Å². The molecule has 0 aliphatic rings. The summed E-state index contributed by atoms with van der Waals surface area (Å²) >= 11 is 4.80. The number of rotatable bonds is 4. The van der Waals surface area contributed by atoms with Gasteiger partial charge in [-0.2, -0.15) is 0 Å². The van der Waals surface area contributed by atoms with Crippen molar-refractivity contribution in [2.24, 2.45) is 5.92 Å². The summed E-state index contributed by atoms with van der Waals surface area (Å²) < 4.78 is 5.53. The minimum atomic E-state index is -0.363. The first-order valence-corrected chi connectivity index (χ1v) is 6.90. The van der Waals surface area contributed by atoms with E-state index < -0.39 is 0 Å². The van der Waals surface area contributed by atoms with Gasteiger partial charge in [-0.15, -0.1) is 0 Å². The standard InChI is InChI=1S/C14H19N3O3S/c1-9(2)8-20-12-6-4-11(5-7-12)13(19)16-17-14(21)15-10(3)18/h4-7,9H,8H2,1-3H3,(H,16,19)(H2,15,17,18,21).